The molecule has 0 bridgehead atoms. The number of hydrogen-bond donors (Lipinski definition) is 0. The summed E-state index contributed by atoms with van der Waals surface area (Å²) in [5.74, 6) is 0. The first-order chi connectivity index (χ1) is 7.84. The van der Waals surface area contributed by atoms with Gasteiger partial charge in [-0.1, -0.05) is 22.0 Å². The van der Waals surface area contributed by atoms with Crippen LogP contribution in [0.4, 0.5) is 0 Å². The molecule has 0 spiro atoms. The molecule has 1 aromatic carbocycles. The van der Waals surface area contributed by atoms with Crippen LogP contribution < -0.4 is 0 Å². The van der Waals surface area contributed by atoms with Crippen molar-refractivity contribution in [3.05, 3.63) is 28.9 Å². The number of nitrogens with zero attached hydrogens (tertiary/aromatic N) is 2. The van der Waals surface area contributed by atoms with Crippen LogP contribution in [-0.2, 0) is 4.74 Å². The van der Waals surface area contributed by atoms with E-state index >= 15 is 0 Å². The van der Waals surface area contributed by atoms with Gasteiger partial charge in [-0.05, 0) is 31.4 Å². The predicted octanol–water partition coefficient (Wildman–Crippen LogP) is 3.50. The molecule has 0 amide bonds. The van der Waals surface area contributed by atoms with Gasteiger partial charge in [0.15, 0.2) is 0 Å². The molecule has 0 radical (unpaired) electrons. The zero-order valence-electron chi connectivity index (χ0n) is 8.90. The van der Waals surface area contributed by atoms with Crippen molar-refractivity contribution < 1.29 is 4.74 Å². The lowest BCUT2D eigenvalue weighted by Crippen LogP contribution is -2.18. The van der Waals surface area contributed by atoms with Crippen LogP contribution in [0.2, 0.25) is 0 Å². The summed E-state index contributed by atoms with van der Waals surface area (Å²) in [6, 6.07) is 6.07. The van der Waals surface area contributed by atoms with Gasteiger partial charge < -0.3 is 4.74 Å². The van der Waals surface area contributed by atoms with Crippen molar-refractivity contribution in [2.45, 2.75) is 25.5 Å². The maximum absolute atomic E-state index is 5.72. The van der Waals surface area contributed by atoms with Gasteiger partial charge in [0.05, 0.1) is 5.52 Å². The van der Waals surface area contributed by atoms with Gasteiger partial charge in [-0.25, -0.2) is 4.68 Å². The Balaban J connectivity index is 2.01. The monoisotopic (exact) mass is 280 g/mol. The highest BCUT2D eigenvalue weighted by atomic mass is 79.9. The Labute approximate surface area is 103 Å². The molecule has 3 nitrogen and oxygen atoms in total. The standard InChI is InChI=1S/C12H13BrN2O/c13-10-4-3-5-11-9(10)8-15(14-11)12-6-1-2-7-16-12/h3-5,8,12H,1-2,6-7H2. The second-order valence-corrected chi connectivity index (χ2v) is 4.96. The minimum Gasteiger partial charge on any atom is -0.357 e. The molecule has 84 valence electrons. The molecule has 4 heteroatoms. The average Bonchev–Trinajstić information content (AvgIpc) is 2.76. The van der Waals surface area contributed by atoms with Crippen molar-refractivity contribution in [3.63, 3.8) is 0 Å². The van der Waals surface area contributed by atoms with E-state index in [0.717, 1.165) is 28.4 Å². The van der Waals surface area contributed by atoms with E-state index in [2.05, 4.69) is 27.2 Å². The average molecular weight is 281 g/mol. The number of benzene rings is 1. The van der Waals surface area contributed by atoms with Gasteiger partial charge in [0.25, 0.3) is 0 Å². The van der Waals surface area contributed by atoms with E-state index in [4.69, 9.17) is 4.74 Å². The maximum atomic E-state index is 5.72. The van der Waals surface area contributed by atoms with E-state index in [1.807, 2.05) is 22.9 Å². The molecule has 1 fully saturated rings. The third-order valence-electron chi connectivity index (χ3n) is 2.97. The highest BCUT2D eigenvalue weighted by Crippen LogP contribution is 2.27. The molecule has 2 heterocycles. The molecule has 3 rings (SSSR count). The quantitative estimate of drug-likeness (QED) is 0.800. The van der Waals surface area contributed by atoms with E-state index in [1.165, 1.54) is 12.8 Å². The zero-order valence-corrected chi connectivity index (χ0v) is 10.5. The van der Waals surface area contributed by atoms with Gasteiger partial charge in [-0.2, -0.15) is 5.10 Å². The number of rotatable bonds is 1. The van der Waals surface area contributed by atoms with Gasteiger partial charge in [-0.15, -0.1) is 0 Å². The molecule has 1 atom stereocenters. The Kier molecular flexibility index (Phi) is 2.69. The summed E-state index contributed by atoms with van der Waals surface area (Å²) in [7, 11) is 0. The van der Waals surface area contributed by atoms with Crippen molar-refractivity contribution >= 4 is 26.8 Å². The molecule has 2 aromatic rings. The summed E-state index contributed by atoms with van der Waals surface area (Å²) < 4.78 is 8.76. The first kappa shape index (κ1) is 10.3. The molecule has 1 aliphatic rings. The summed E-state index contributed by atoms with van der Waals surface area (Å²) in [6.07, 6.45) is 5.64. The van der Waals surface area contributed by atoms with E-state index in [9.17, 15) is 0 Å². The molecule has 16 heavy (non-hydrogen) atoms. The normalized spacial score (nSPS) is 21.4. The molecule has 1 aromatic heterocycles. The second-order valence-electron chi connectivity index (χ2n) is 4.10. The minimum absolute atomic E-state index is 0.119. The molecule has 0 aliphatic carbocycles. The molecule has 0 saturated carbocycles. The van der Waals surface area contributed by atoms with Crippen molar-refractivity contribution in [3.8, 4) is 0 Å². The maximum Gasteiger partial charge on any atom is 0.150 e. The van der Waals surface area contributed by atoms with Crippen LogP contribution in [0.1, 0.15) is 25.5 Å². The predicted molar refractivity (Wildman–Crippen MR) is 66.3 cm³/mol. The van der Waals surface area contributed by atoms with Gasteiger partial charge in [0, 0.05) is 22.7 Å². The summed E-state index contributed by atoms with van der Waals surface area (Å²) in [4.78, 5) is 0. The van der Waals surface area contributed by atoms with E-state index < -0.39 is 0 Å². The van der Waals surface area contributed by atoms with Crippen molar-refractivity contribution in [1.82, 2.24) is 9.78 Å². The number of ether oxygens (including phenoxy) is 1. The Hall–Kier alpha value is -0.870. The van der Waals surface area contributed by atoms with Crippen LogP contribution in [0.25, 0.3) is 10.9 Å². The lowest BCUT2D eigenvalue weighted by molar-refractivity contribution is -0.0390. The Morgan fingerprint density at radius 2 is 2.31 bits per heavy atom. The van der Waals surface area contributed by atoms with Crippen molar-refractivity contribution in [1.29, 1.82) is 0 Å². The first-order valence-electron chi connectivity index (χ1n) is 5.59. The third kappa shape index (κ3) is 1.76. The van der Waals surface area contributed by atoms with Gasteiger partial charge >= 0.3 is 0 Å². The number of fused-ring (bicyclic) bond motifs is 1. The SMILES string of the molecule is Brc1cccc2nn(C3CCCCO3)cc12. The second kappa shape index (κ2) is 4.18. The zero-order chi connectivity index (χ0) is 11.0. The van der Waals surface area contributed by atoms with Crippen LogP contribution in [0.3, 0.4) is 0 Å². The van der Waals surface area contributed by atoms with Crippen LogP contribution in [0.15, 0.2) is 28.9 Å². The molecule has 1 saturated heterocycles. The lowest BCUT2D eigenvalue weighted by atomic mass is 10.2. The van der Waals surface area contributed by atoms with Crippen molar-refractivity contribution in [2.24, 2.45) is 0 Å². The summed E-state index contributed by atoms with van der Waals surface area (Å²) >= 11 is 3.54. The number of aromatic nitrogens is 2. The van der Waals surface area contributed by atoms with Crippen molar-refractivity contribution in [2.75, 3.05) is 6.61 Å². The van der Waals surface area contributed by atoms with Crippen LogP contribution in [0, 0.1) is 0 Å². The smallest absolute Gasteiger partial charge is 0.150 e. The fourth-order valence-electron chi connectivity index (χ4n) is 2.11. The van der Waals surface area contributed by atoms with E-state index in [0.29, 0.717) is 0 Å². The summed E-state index contributed by atoms with van der Waals surface area (Å²) in [6.45, 7) is 0.849. The van der Waals surface area contributed by atoms with Crippen LogP contribution in [-0.4, -0.2) is 16.4 Å². The number of hydrogen-bond acceptors (Lipinski definition) is 2. The Morgan fingerprint density at radius 1 is 1.38 bits per heavy atom. The number of halogens is 1. The summed E-state index contributed by atoms with van der Waals surface area (Å²) in [5.41, 5.74) is 1.02. The third-order valence-corrected chi connectivity index (χ3v) is 3.66. The highest BCUT2D eigenvalue weighted by Gasteiger charge is 2.17. The Bertz CT molecular complexity index is 503. The van der Waals surface area contributed by atoms with E-state index in [-0.39, 0.29) is 6.23 Å². The van der Waals surface area contributed by atoms with Gasteiger partial charge in [-0.3, -0.25) is 0 Å². The minimum atomic E-state index is 0.119. The first-order valence-corrected chi connectivity index (χ1v) is 6.39. The summed E-state index contributed by atoms with van der Waals surface area (Å²) in [5, 5.41) is 5.71. The molecule has 1 unspecified atom stereocenters. The molecular weight excluding hydrogens is 268 g/mol. The van der Waals surface area contributed by atoms with Gasteiger partial charge in [0.1, 0.15) is 6.23 Å². The fourth-order valence-corrected chi connectivity index (χ4v) is 2.56. The van der Waals surface area contributed by atoms with Gasteiger partial charge in [0.2, 0.25) is 0 Å². The lowest BCUT2D eigenvalue weighted by Gasteiger charge is -2.22. The van der Waals surface area contributed by atoms with Crippen LogP contribution in [0.5, 0.6) is 0 Å². The molecular formula is C12H13BrN2O. The molecule has 1 aliphatic heterocycles. The Morgan fingerprint density at radius 3 is 3.06 bits per heavy atom. The largest absolute Gasteiger partial charge is 0.357 e. The molecule has 0 N–H and O–H groups in total. The highest BCUT2D eigenvalue weighted by molar-refractivity contribution is 9.10. The topological polar surface area (TPSA) is 27.1 Å². The fraction of sp³-hybridized carbons (Fsp3) is 0.417. The van der Waals surface area contributed by atoms with E-state index in [1.54, 1.807) is 0 Å². The van der Waals surface area contributed by atoms with Crippen LogP contribution >= 0.6 is 15.9 Å².